The molecule has 1 N–H and O–H groups in total. The van der Waals surface area contributed by atoms with Gasteiger partial charge in [0.2, 0.25) is 0 Å². The Labute approximate surface area is 163 Å². The number of aryl methyl sites for hydroxylation is 1. The van der Waals surface area contributed by atoms with Crippen molar-refractivity contribution in [2.45, 2.75) is 19.9 Å². The molecule has 1 aromatic carbocycles. The van der Waals surface area contributed by atoms with Gasteiger partial charge in [-0.2, -0.15) is 0 Å². The van der Waals surface area contributed by atoms with Crippen LogP contribution in [-0.2, 0) is 6.54 Å². The normalized spacial score (nSPS) is 15.3. The van der Waals surface area contributed by atoms with Gasteiger partial charge in [0, 0.05) is 45.3 Å². The minimum absolute atomic E-state index is 0.828. The summed E-state index contributed by atoms with van der Waals surface area (Å²) in [4.78, 5) is 16.3. The fourth-order valence-corrected chi connectivity index (χ4v) is 3.39. The lowest BCUT2D eigenvalue weighted by atomic mass is 10.2. The van der Waals surface area contributed by atoms with E-state index in [1.165, 1.54) is 5.56 Å². The Balaban J connectivity index is 1.52. The van der Waals surface area contributed by atoms with Crippen LogP contribution in [0.15, 0.2) is 36.4 Å². The van der Waals surface area contributed by atoms with Crippen LogP contribution < -0.4 is 10.2 Å². The topological polar surface area (TPSA) is 47.5 Å². The Kier molecular flexibility index (Phi) is 7.01. The molecule has 27 heavy (non-hydrogen) atoms. The van der Waals surface area contributed by atoms with Gasteiger partial charge in [0.1, 0.15) is 17.5 Å². The number of hydrogen-bond donors (Lipinski definition) is 1. The molecule has 1 fully saturated rings. The Morgan fingerprint density at radius 1 is 1.04 bits per heavy atom. The molecule has 0 spiro atoms. The predicted molar refractivity (Wildman–Crippen MR) is 112 cm³/mol. The summed E-state index contributed by atoms with van der Waals surface area (Å²) in [6.45, 7) is 9.13. The van der Waals surface area contributed by atoms with Gasteiger partial charge in [-0.05, 0) is 39.5 Å². The molecule has 3 rings (SSSR count). The van der Waals surface area contributed by atoms with Crippen molar-refractivity contribution in [2.75, 3.05) is 63.6 Å². The molecule has 2 heterocycles. The van der Waals surface area contributed by atoms with Crippen molar-refractivity contribution >= 4 is 11.6 Å². The number of hydrogen-bond acceptors (Lipinski definition) is 6. The molecule has 1 saturated heterocycles. The first-order valence-electron chi connectivity index (χ1n) is 9.85. The summed E-state index contributed by atoms with van der Waals surface area (Å²) in [5, 5.41) is 3.45. The second-order valence-electron chi connectivity index (χ2n) is 7.49. The minimum Gasteiger partial charge on any atom is -0.370 e. The van der Waals surface area contributed by atoms with Gasteiger partial charge in [0.05, 0.1) is 0 Å². The van der Waals surface area contributed by atoms with Gasteiger partial charge < -0.3 is 15.1 Å². The molecule has 2 aromatic rings. The number of nitrogens with zero attached hydrogens (tertiary/aromatic N) is 5. The van der Waals surface area contributed by atoms with E-state index in [0.717, 1.165) is 69.7 Å². The Morgan fingerprint density at radius 2 is 1.78 bits per heavy atom. The zero-order chi connectivity index (χ0) is 19.1. The molecule has 0 amide bonds. The Morgan fingerprint density at radius 3 is 2.48 bits per heavy atom. The highest BCUT2D eigenvalue weighted by atomic mass is 15.3. The van der Waals surface area contributed by atoms with E-state index in [9.17, 15) is 0 Å². The third kappa shape index (κ3) is 6.19. The lowest BCUT2D eigenvalue weighted by molar-refractivity contribution is 0.249. The van der Waals surface area contributed by atoms with Crippen LogP contribution in [0.3, 0.4) is 0 Å². The van der Waals surface area contributed by atoms with Crippen LogP contribution in [0.2, 0.25) is 0 Å². The standard InChI is InChI=1S/C21H32N6/c1-18-23-20(22-10-7-11-25(2)3)16-21(24-18)27-14-12-26(13-15-27)17-19-8-5-4-6-9-19/h4-6,8-9,16H,7,10-15,17H2,1-3H3,(H,22,23,24). The van der Waals surface area contributed by atoms with Crippen LogP contribution in [0.5, 0.6) is 0 Å². The van der Waals surface area contributed by atoms with Crippen LogP contribution >= 0.6 is 0 Å². The molecule has 0 bridgehead atoms. The van der Waals surface area contributed by atoms with Gasteiger partial charge in [-0.1, -0.05) is 30.3 Å². The van der Waals surface area contributed by atoms with E-state index in [-0.39, 0.29) is 0 Å². The number of aromatic nitrogens is 2. The summed E-state index contributed by atoms with van der Waals surface area (Å²) in [6.07, 6.45) is 1.10. The summed E-state index contributed by atoms with van der Waals surface area (Å²) >= 11 is 0. The minimum atomic E-state index is 0.828. The Hall–Kier alpha value is -2.18. The molecule has 0 unspecified atom stereocenters. The van der Waals surface area contributed by atoms with Gasteiger partial charge in [-0.3, -0.25) is 4.90 Å². The van der Waals surface area contributed by atoms with Crippen LogP contribution in [0.1, 0.15) is 17.8 Å². The van der Waals surface area contributed by atoms with Crippen LogP contribution in [0, 0.1) is 6.92 Å². The number of nitrogens with one attached hydrogen (secondary N) is 1. The molecule has 0 aliphatic carbocycles. The first-order chi connectivity index (χ1) is 13.1. The maximum absolute atomic E-state index is 4.67. The van der Waals surface area contributed by atoms with Gasteiger partial charge in [0.25, 0.3) is 0 Å². The molecular weight excluding hydrogens is 336 g/mol. The van der Waals surface area contributed by atoms with Crippen LogP contribution in [0.25, 0.3) is 0 Å². The van der Waals surface area contributed by atoms with Crippen LogP contribution in [0.4, 0.5) is 11.6 Å². The number of rotatable bonds is 8. The van der Waals surface area contributed by atoms with Crippen molar-refractivity contribution in [2.24, 2.45) is 0 Å². The predicted octanol–water partition coefficient (Wildman–Crippen LogP) is 2.47. The largest absolute Gasteiger partial charge is 0.370 e. The maximum Gasteiger partial charge on any atom is 0.134 e. The van der Waals surface area contributed by atoms with Gasteiger partial charge >= 0.3 is 0 Å². The average molecular weight is 369 g/mol. The third-order valence-corrected chi connectivity index (χ3v) is 4.86. The molecule has 1 aromatic heterocycles. The first-order valence-corrected chi connectivity index (χ1v) is 9.85. The lowest BCUT2D eigenvalue weighted by Crippen LogP contribution is -2.46. The van der Waals surface area contributed by atoms with Crippen molar-refractivity contribution in [1.82, 2.24) is 19.8 Å². The number of piperazine rings is 1. The van der Waals surface area contributed by atoms with Crippen molar-refractivity contribution in [3.05, 3.63) is 47.8 Å². The fraction of sp³-hybridized carbons (Fsp3) is 0.524. The van der Waals surface area contributed by atoms with E-state index in [4.69, 9.17) is 0 Å². The number of anilines is 2. The van der Waals surface area contributed by atoms with Crippen molar-refractivity contribution < 1.29 is 0 Å². The highest BCUT2D eigenvalue weighted by Crippen LogP contribution is 2.18. The molecular formula is C21H32N6. The second kappa shape index (κ2) is 9.67. The molecule has 1 aliphatic heterocycles. The van der Waals surface area contributed by atoms with Gasteiger partial charge in [0.15, 0.2) is 0 Å². The second-order valence-corrected chi connectivity index (χ2v) is 7.49. The summed E-state index contributed by atoms with van der Waals surface area (Å²) < 4.78 is 0. The molecule has 1 aliphatic rings. The summed E-state index contributed by atoms with van der Waals surface area (Å²) in [7, 11) is 4.20. The molecule has 6 heteroatoms. The SMILES string of the molecule is Cc1nc(NCCCN(C)C)cc(N2CCN(Cc3ccccc3)CC2)n1. The molecule has 0 atom stereocenters. The van der Waals surface area contributed by atoms with E-state index in [1.54, 1.807) is 0 Å². The third-order valence-electron chi connectivity index (χ3n) is 4.86. The van der Waals surface area contributed by atoms with Gasteiger partial charge in [-0.15, -0.1) is 0 Å². The van der Waals surface area contributed by atoms with E-state index in [0.29, 0.717) is 0 Å². The highest BCUT2D eigenvalue weighted by molar-refractivity contribution is 5.49. The molecule has 0 saturated carbocycles. The highest BCUT2D eigenvalue weighted by Gasteiger charge is 2.19. The van der Waals surface area contributed by atoms with E-state index >= 15 is 0 Å². The van der Waals surface area contributed by atoms with Crippen molar-refractivity contribution in [3.8, 4) is 0 Å². The fourth-order valence-electron chi connectivity index (χ4n) is 3.39. The van der Waals surface area contributed by atoms with Gasteiger partial charge in [-0.25, -0.2) is 9.97 Å². The quantitative estimate of drug-likeness (QED) is 0.723. The molecule has 146 valence electrons. The van der Waals surface area contributed by atoms with Crippen molar-refractivity contribution in [1.29, 1.82) is 0 Å². The molecule has 6 nitrogen and oxygen atoms in total. The molecule has 0 radical (unpaired) electrons. The summed E-state index contributed by atoms with van der Waals surface area (Å²) in [5.74, 6) is 2.80. The van der Waals surface area contributed by atoms with E-state index < -0.39 is 0 Å². The summed E-state index contributed by atoms with van der Waals surface area (Å²) in [6, 6.07) is 12.8. The smallest absolute Gasteiger partial charge is 0.134 e. The number of benzene rings is 1. The zero-order valence-electron chi connectivity index (χ0n) is 16.9. The monoisotopic (exact) mass is 368 g/mol. The van der Waals surface area contributed by atoms with E-state index in [1.807, 2.05) is 6.92 Å². The maximum atomic E-state index is 4.67. The Bertz CT molecular complexity index is 695. The average Bonchev–Trinajstić information content (AvgIpc) is 2.66. The van der Waals surface area contributed by atoms with Crippen molar-refractivity contribution in [3.63, 3.8) is 0 Å². The van der Waals surface area contributed by atoms with E-state index in [2.05, 4.69) is 80.5 Å². The zero-order valence-corrected chi connectivity index (χ0v) is 16.9. The van der Waals surface area contributed by atoms with Crippen LogP contribution in [-0.4, -0.2) is 73.1 Å². The lowest BCUT2D eigenvalue weighted by Gasteiger charge is -2.35. The summed E-state index contributed by atoms with van der Waals surface area (Å²) in [5.41, 5.74) is 1.38. The first kappa shape index (κ1) is 19.6.